The summed E-state index contributed by atoms with van der Waals surface area (Å²) < 4.78 is 13.3. The first-order valence-electron chi connectivity index (χ1n) is 43.5. The van der Waals surface area contributed by atoms with Gasteiger partial charge in [-0.15, -0.1) is 0 Å². The molecule has 8 nitrogen and oxygen atoms in total. The highest BCUT2D eigenvalue weighted by molar-refractivity contribution is 6.22. The van der Waals surface area contributed by atoms with Gasteiger partial charge in [-0.1, -0.05) is 382 Å². The van der Waals surface area contributed by atoms with Gasteiger partial charge in [0.15, 0.2) is 11.6 Å². The van der Waals surface area contributed by atoms with E-state index in [1.807, 2.05) is 60.7 Å². The third kappa shape index (κ3) is 11.8. The van der Waals surface area contributed by atoms with Gasteiger partial charge in [-0.25, -0.2) is 29.9 Å². The standard InChI is InChI=1S/2C60H37N3O/c1-4-17-38(18-5-1)52-37-53(63-59(62-52)40-21-8-3-9-22-40)43-24-16-23-41(35-43)42-31-34-51-46(36-42)56-45(58(61-51)39-19-6-2-7-20-39)32-33-50-57(56)44-25-10-11-26-47(44)60(50)48-27-12-14-29-54(48)64-55-30-15-13-28-49(55)60;1-4-16-39(17-5-1)52-37-53(63-59(62-52)42-20-8-3-9-21-42)40-30-28-38(29-31-40)43-32-35-51-46(36-43)56-45(58(61-51)41-18-6-2-7-19-41)33-34-50-57(56)44-22-10-11-23-47(44)60(50)48-24-12-14-26-54(48)64-55-27-15-13-25-49(55)60/h2*1-37H. The minimum atomic E-state index is -0.589. The number of benzene rings is 18. The van der Waals surface area contributed by atoms with Crippen LogP contribution in [-0.2, 0) is 10.8 Å². The third-order valence-corrected chi connectivity index (χ3v) is 26.3. The number of pyridine rings is 2. The summed E-state index contributed by atoms with van der Waals surface area (Å²) in [5.74, 6) is 4.93. The van der Waals surface area contributed by atoms with E-state index in [-0.39, 0.29) is 0 Å². The predicted molar refractivity (Wildman–Crippen MR) is 519 cm³/mol. The van der Waals surface area contributed by atoms with Crippen LogP contribution in [0.1, 0.15) is 44.5 Å². The van der Waals surface area contributed by atoms with Crippen LogP contribution >= 0.6 is 0 Å². The molecule has 26 rings (SSSR count). The van der Waals surface area contributed by atoms with Crippen molar-refractivity contribution in [1.29, 1.82) is 0 Å². The predicted octanol–water partition coefficient (Wildman–Crippen LogP) is 30.0. The summed E-state index contributed by atoms with van der Waals surface area (Å²) in [6.07, 6.45) is 0. The highest BCUT2D eigenvalue weighted by Gasteiger charge is 2.54. The van der Waals surface area contributed by atoms with Gasteiger partial charge in [-0.05, 0) is 133 Å². The quantitative estimate of drug-likeness (QED) is 0.125. The van der Waals surface area contributed by atoms with Crippen molar-refractivity contribution < 1.29 is 9.47 Å². The van der Waals surface area contributed by atoms with E-state index in [0.717, 1.165) is 179 Å². The smallest absolute Gasteiger partial charge is 0.160 e. The lowest BCUT2D eigenvalue weighted by Gasteiger charge is -2.39. The zero-order valence-electron chi connectivity index (χ0n) is 69.2. The Morgan fingerprint density at radius 3 is 0.859 bits per heavy atom. The lowest BCUT2D eigenvalue weighted by atomic mass is 9.66. The van der Waals surface area contributed by atoms with Crippen LogP contribution < -0.4 is 9.47 Å². The Morgan fingerprint density at radius 1 is 0.172 bits per heavy atom. The zero-order chi connectivity index (χ0) is 84.4. The maximum atomic E-state index is 6.68. The molecular formula is C120H74N6O2. The molecule has 0 amide bonds. The number of para-hydroxylation sites is 4. The van der Waals surface area contributed by atoms with E-state index >= 15 is 0 Å². The Balaban J connectivity index is 0.000000139. The molecule has 128 heavy (non-hydrogen) atoms. The van der Waals surface area contributed by atoms with E-state index in [0.29, 0.717) is 11.6 Å². The van der Waals surface area contributed by atoms with Crippen molar-refractivity contribution in [3.05, 3.63) is 493 Å². The minimum Gasteiger partial charge on any atom is -0.457 e. The second-order valence-electron chi connectivity index (χ2n) is 33.3. The van der Waals surface area contributed by atoms with Crippen LogP contribution in [0.2, 0.25) is 0 Å². The van der Waals surface area contributed by atoms with Crippen LogP contribution in [0.5, 0.6) is 23.0 Å². The molecule has 0 radical (unpaired) electrons. The lowest BCUT2D eigenvalue weighted by Crippen LogP contribution is -2.32. The van der Waals surface area contributed by atoms with Gasteiger partial charge in [0.25, 0.3) is 0 Å². The van der Waals surface area contributed by atoms with Crippen molar-refractivity contribution in [2.75, 3.05) is 0 Å². The monoisotopic (exact) mass is 1630 g/mol. The molecular weight excluding hydrogens is 1560 g/mol. The molecule has 2 spiro atoms. The van der Waals surface area contributed by atoms with Gasteiger partial charge in [0.1, 0.15) is 23.0 Å². The molecule has 0 atom stereocenters. The van der Waals surface area contributed by atoms with Gasteiger partial charge in [-0.3, -0.25) is 0 Å². The molecule has 596 valence electrons. The molecule has 0 saturated heterocycles. The molecule has 18 aromatic carbocycles. The largest absolute Gasteiger partial charge is 0.457 e. The Hall–Kier alpha value is -16.9. The van der Waals surface area contributed by atoms with Crippen LogP contribution in [0.25, 0.3) is 178 Å². The number of fused-ring (bicyclic) bond motifs is 26. The summed E-state index contributed by atoms with van der Waals surface area (Å²) in [6.45, 7) is 0. The average Bonchev–Trinajstić information content (AvgIpc) is 1.59. The van der Waals surface area contributed by atoms with Gasteiger partial charge >= 0.3 is 0 Å². The van der Waals surface area contributed by atoms with Gasteiger partial charge < -0.3 is 9.47 Å². The lowest BCUT2D eigenvalue weighted by molar-refractivity contribution is 0.436. The van der Waals surface area contributed by atoms with Crippen molar-refractivity contribution >= 4 is 43.4 Å². The maximum Gasteiger partial charge on any atom is 0.160 e. The average molecular weight is 1630 g/mol. The van der Waals surface area contributed by atoms with Crippen molar-refractivity contribution in [2.24, 2.45) is 0 Å². The fraction of sp³-hybridized carbons (Fsp3) is 0.0167. The van der Waals surface area contributed by atoms with E-state index in [1.165, 1.54) is 55.3 Å². The molecule has 0 N–H and O–H groups in total. The highest BCUT2D eigenvalue weighted by Crippen LogP contribution is 2.66. The van der Waals surface area contributed by atoms with Crippen LogP contribution in [-0.4, -0.2) is 29.9 Å². The van der Waals surface area contributed by atoms with Gasteiger partial charge in [0, 0.05) is 99.1 Å². The number of rotatable bonds is 10. The Bertz CT molecular complexity index is 8030. The fourth-order valence-electron chi connectivity index (χ4n) is 20.7. The summed E-state index contributed by atoms with van der Waals surface area (Å²) in [6, 6.07) is 159. The normalized spacial score (nSPS) is 12.9. The molecule has 0 bridgehead atoms. The molecule has 22 aromatic rings. The van der Waals surface area contributed by atoms with Crippen LogP contribution in [0.3, 0.4) is 0 Å². The topological polar surface area (TPSA) is 95.8 Å². The molecule has 4 aromatic heterocycles. The van der Waals surface area contributed by atoms with Gasteiger partial charge in [0.05, 0.1) is 56.0 Å². The minimum absolute atomic E-state index is 0.580. The van der Waals surface area contributed by atoms with Crippen LogP contribution in [0.15, 0.2) is 449 Å². The molecule has 8 heteroatoms. The molecule has 0 saturated carbocycles. The fourth-order valence-corrected chi connectivity index (χ4v) is 20.7. The van der Waals surface area contributed by atoms with Crippen molar-refractivity contribution in [1.82, 2.24) is 29.9 Å². The van der Waals surface area contributed by atoms with Crippen molar-refractivity contribution in [3.63, 3.8) is 0 Å². The summed E-state index contributed by atoms with van der Waals surface area (Å²) in [4.78, 5) is 31.2. The molecule has 2 aliphatic heterocycles. The maximum absolute atomic E-state index is 6.68. The van der Waals surface area contributed by atoms with E-state index in [4.69, 9.17) is 39.4 Å². The number of nitrogens with zero attached hydrogens (tertiary/aromatic N) is 6. The number of hydrogen-bond donors (Lipinski definition) is 0. The highest BCUT2D eigenvalue weighted by atomic mass is 16.5. The van der Waals surface area contributed by atoms with Gasteiger partial charge in [0.2, 0.25) is 0 Å². The first kappa shape index (κ1) is 73.8. The van der Waals surface area contributed by atoms with Gasteiger partial charge in [-0.2, -0.15) is 0 Å². The van der Waals surface area contributed by atoms with Crippen molar-refractivity contribution in [3.8, 4) is 158 Å². The third-order valence-electron chi connectivity index (χ3n) is 26.3. The summed E-state index contributed by atoms with van der Waals surface area (Å²) in [7, 11) is 0. The summed E-state index contributed by atoms with van der Waals surface area (Å²) >= 11 is 0. The number of aromatic nitrogens is 6. The molecule has 0 unspecified atom stereocenters. The summed E-state index contributed by atoms with van der Waals surface area (Å²) in [5.41, 5.74) is 33.4. The molecule has 2 aliphatic carbocycles. The molecule has 4 aliphatic rings. The zero-order valence-corrected chi connectivity index (χ0v) is 69.2. The van der Waals surface area contributed by atoms with E-state index in [9.17, 15) is 0 Å². The van der Waals surface area contributed by atoms with E-state index in [1.54, 1.807) is 0 Å². The van der Waals surface area contributed by atoms with Crippen LogP contribution in [0, 0.1) is 0 Å². The van der Waals surface area contributed by atoms with Crippen LogP contribution in [0.4, 0.5) is 0 Å². The summed E-state index contributed by atoms with van der Waals surface area (Å²) in [5, 5.41) is 6.86. The van der Waals surface area contributed by atoms with Crippen molar-refractivity contribution in [2.45, 2.75) is 10.8 Å². The first-order chi connectivity index (χ1) is 63.4. The molecule has 0 fully saturated rings. The second-order valence-corrected chi connectivity index (χ2v) is 33.3. The SMILES string of the molecule is c1ccc(-c2cc(-c3ccc(-c4ccc5nc(-c6ccccc6)c6ccc7c(c6c5c4)-c4ccccc4C74c5ccccc5Oc5ccccc54)cc3)nc(-c3ccccc3)n2)cc1.c1ccc(-c2cc(-c3cccc(-c4ccc5nc(-c6ccccc6)c6ccc7c(c6c5c4)-c4ccccc4C74c5ccccc5Oc5ccccc54)c3)nc(-c3ccccc3)n2)cc1. The number of ether oxygens (including phenoxy) is 2. The van der Waals surface area contributed by atoms with E-state index < -0.39 is 10.8 Å². The van der Waals surface area contributed by atoms with E-state index in [2.05, 4.69) is 388 Å². The Kier molecular flexibility index (Phi) is 17.3. The number of hydrogen-bond acceptors (Lipinski definition) is 8. The molecule has 6 heterocycles. The Morgan fingerprint density at radius 2 is 0.461 bits per heavy atom. The Labute approximate surface area is 739 Å². The first-order valence-corrected chi connectivity index (χ1v) is 43.5. The second kappa shape index (κ2) is 30.0.